The monoisotopic (exact) mass is 297 g/mol. The molecule has 0 aromatic heterocycles. The average Bonchev–Trinajstić information content (AvgIpc) is 2.53. The second kappa shape index (κ2) is 5.96. The number of hydrogen-bond donors (Lipinski definition) is 4. The summed E-state index contributed by atoms with van der Waals surface area (Å²) in [6, 6.07) is 11.8. The Morgan fingerprint density at radius 3 is 1.86 bits per heavy atom. The van der Waals surface area contributed by atoms with Crippen molar-refractivity contribution in [3.05, 3.63) is 64.7 Å². The molecule has 3 rings (SSSR count). The van der Waals surface area contributed by atoms with Crippen LogP contribution in [0.25, 0.3) is 0 Å². The maximum absolute atomic E-state index is 12.2. The Kier molecular flexibility index (Phi) is 4.08. The van der Waals surface area contributed by atoms with Crippen molar-refractivity contribution >= 4 is 23.2 Å². The molecule has 8 N–H and O–H groups in total. The van der Waals surface area contributed by atoms with Gasteiger partial charge in [0.05, 0.1) is 5.56 Å². The van der Waals surface area contributed by atoms with E-state index in [1.165, 1.54) is 0 Å². The number of ketones is 2. The Morgan fingerprint density at radius 1 is 0.818 bits per heavy atom. The summed E-state index contributed by atoms with van der Waals surface area (Å²) in [6.45, 7) is 0. The molecule has 0 atom stereocenters. The normalized spacial score (nSPS) is 11.6. The van der Waals surface area contributed by atoms with Gasteiger partial charge in [-0.2, -0.15) is 0 Å². The van der Waals surface area contributed by atoms with Crippen molar-refractivity contribution in [3.63, 3.8) is 0 Å². The molecular formula is C15H15N5O2. The molecule has 0 radical (unpaired) electrons. The molecule has 0 aliphatic heterocycles. The van der Waals surface area contributed by atoms with Gasteiger partial charge in [-0.05, 0) is 6.07 Å². The largest absolute Gasteiger partial charge is 0.398 e. The fourth-order valence-electron chi connectivity index (χ4n) is 2.17. The summed E-state index contributed by atoms with van der Waals surface area (Å²) in [6.07, 6.45) is 0. The molecule has 0 heterocycles. The topological polar surface area (TPSA) is 151 Å². The summed E-state index contributed by atoms with van der Waals surface area (Å²) in [5.74, 6) is 4.11. The first-order valence-corrected chi connectivity index (χ1v) is 6.33. The Balaban J connectivity index is 0.000000309. The first kappa shape index (κ1) is 15.0. The predicted molar refractivity (Wildman–Crippen MR) is 84.2 cm³/mol. The smallest absolute Gasteiger partial charge is 0.208 e. The van der Waals surface area contributed by atoms with E-state index in [1.807, 2.05) is 0 Å². The van der Waals surface area contributed by atoms with E-state index in [2.05, 4.69) is 10.9 Å². The van der Waals surface area contributed by atoms with Crippen molar-refractivity contribution in [1.29, 1.82) is 0 Å². The van der Waals surface area contributed by atoms with Crippen LogP contribution in [0, 0.1) is 0 Å². The molecule has 1 aliphatic carbocycles. The number of nitrogens with two attached hydrogens (primary N) is 4. The maximum Gasteiger partial charge on any atom is 0.208 e. The van der Waals surface area contributed by atoms with E-state index >= 15 is 0 Å². The molecule has 0 amide bonds. The minimum Gasteiger partial charge on any atom is -0.398 e. The molecule has 7 nitrogen and oxygen atoms in total. The molecule has 0 unspecified atom stereocenters. The predicted octanol–water partition coefficient (Wildman–Crippen LogP) is 0.178. The number of guanidine groups is 1. The molecule has 0 bridgehead atoms. The van der Waals surface area contributed by atoms with Gasteiger partial charge in [0.2, 0.25) is 5.96 Å². The first-order chi connectivity index (χ1) is 10.5. The molecule has 2 aromatic carbocycles. The molecule has 2 aromatic rings. The van der Waals surface area contributed by atoms with Crippen molar-refractivity contribution in [1.82, 2.24) is 0 Å². The minimum atomic E-state index is -0.173. The van der Waals surface area contributed by atoms with Gasteiger partial charge in [0.25, 0.3) is 0 Å². The van der Waals surface area contributed by atoms with Crippen LogP contribution in [0.3, 0.4) is 0 Å². The Bertz CT molecular complexity index is 779. The molecular weight excluding hydrogens is 282 g/mol. The number of hydrogen-bond acceptors (Lipinski definition) is 5. The SMILES string of the molecule is NN=C(N)N.Nc1cccc2c1C(=O)c1ccccc1C2=O. The Hall–Kier alpha value is -3.35. The molecule has 0 saturated heterocycles. The number of nitrogens with zero attached hydrogens (tertiary/aromatic N) is 1. The van der Waals surface area contributed by atoms with Gasteiger partial charge < -0.3 is 23.0 Å². The van der Waals surface area contributed by atoms with Crippen molar-refractivity contribution in [2.45, 2.75) is 0 Å². The van der Waals surface area contributed by atoms with Crippen LogP contribution < -0.4 is 23.0 Å². The van der Waals surface area contributed by atoms with Crippen LogP contribution in [0.5, 0.6) is 0 Å². The molecule has 0 saturated carbocycles. The highest BCUT2D eigenvalue weighted by Gasteiger charge is 2.30. The van der Waals surface area contributed by atoms with Crippen LogP contribution >= 0.6 is 0 Å². The van der Waals surface area contributed by atoms with Crippen LogP contribution in [-0.4, -0.2) is 17.5 Å². The molecule has 0 spiro atoms. The fraction of sp³-hybridized carbons (Fsp3) is 0. The molecule has 7 heteroatoms. The number of benzene rings is 2. The lowest BCUT2D eigenvalue weighted by molar-refractivity contribution is 0.0979. The standard InChI is InChI=1S/C14H9NO2.CH6N4/c15-11-7-3-6-10-12(11)14(17)9-5-2-1-4-8(9)13(10)16;2-1(3)5-4/h1-7H,15H2;4H2,(H4,2,3,5). The van der Waals surface area contributed by atoms with Gasteiger partial charge in [-0.25, -0.2) is 0 Å². The van der Waals surface area contributed by atoms with E-state index < -0.39 is 0 Å². The number of fused-ring (bicyclic) bond motifs is 2. The summed E-state index contributed by atoms with van der Waals surface area (Å²) >= 11 is 0. The lowest BCUT2D eigenvalue weighted by atomic mass is 9.83. The highest BCUT2D eigenvalue weighted by Crippen LogP contribution is 2.30. The summed E-state index contributed by atoms with van der Waals surface area (Å²) in [4.78, 5) is 24.4. The lowest BCUT2D eigenvalue weighted by Gasteiger charge is -2.18. The van der Waals surface area contributed by atoms with Gasteiger partial charge in [0.1, 0.15) is 0 Å². The molecule has 112 valence electrons. The van der Waals surface area contributed by atoms with E-state index in [4.69, 9.17) is 17.2 Å². The van der Waals surface area contributed by atoms with E-state index in [-0.39, 0.29) is 17.5 Å². The number of nitrogen functional groups attached to an aromatic ring is 1. The number of anilines is 1. The van der Waals surface area contributed by atoms with Crippen molar-refractivity contribution in [3.8, 4) is 0 Å². The van der Waals surface area contributed by atoms with Crippen molar-refractivity contribution in [2.75, 3.05) is 5.73 Å². The van der Waals surface area contributed by atoms with E-state index in [0.29, 0.717) is 27.9 Å². The van der Waals surface area contributed by atoms with Crippen LogP contribution in [0.15, 0.2) is 47.6 Å². The van der Waals surface area contributed by atoms with E-state index in [9.17, 15) is 9.59 Å². The van der Waals surface area contributed by atoms with Gasteiger partial charge in [-0.1, -0.05) is 36.4 Å². The fourth-order valence-corrected chi connectivity index (χ4v) is 2.17. The zero-order valence-corrected chi connectivity index (χ0v) is 11.6. The third kappa shape index (κ3) is 2.59. The van der Waals surface area contributed by atoms with Crippen LogP contribution in [-0.2, 0) is 0 Å². The molecule has 0 fully saturated rings. The van der Waals surface area contributed by atoms with Crippen LogP contribution in [0.4, 0.5) is 5.69 Å². The Morgan fingerprint density at radius 2 is 1.32 bits per heavy atom. The van der Waals surface area contributed by atoms with E-state index in [0.717, 1.165) is 0 Å². The second-order valence-corrected chi connectivity index (χ2v) is 4.53. The first-order valence-electron chi connectivity index (χ1n) is 6.33. The number of rotatable bonds is 0. The maximum atomic E-state index is 12.2. The highest BCUT2D eigenvalue weighted by molar-refractivity contribution is 6.29. The van der Waals surface area contributed by atoms with Gasteiger partial charge in [0.15, 0.2) is 11.6 Å². The lowest BCUT2D eigenvalue weighted by Crippen LogP contribution is -2.23. The summed E-state index contributed by atoms with van der Waals surface area (Å²) in [5.41, 5.74) is 17.1. The van der Waals surface area contributed by atoms with Gasteiger partial charge >= 0.3 is 0 Å². The second-order valence-electron chi connectivity index (χ2n) is 4.53. The Labute approximate surface area is 126 Å². The van der Waals surface area contributed by atoms with E-state index in [1.54, 1.807) is 42.5 Å². The van der Waals surface area contributed by atoms with Gasteiger partial charge in [-0.3, -0.25) is 9.59 Å². The number of carbonyl (C=O) groups excluding carboxylic acids is 2. The zero-order chi connectivity index (χ0) is 16.3. The summed E-state index contributed by atoms with van der Waals surface area (Å²) in [5, 5.41) is 2.86. The number of hydrazone groups is 1. The quantitative estimate of drug-likeness (QED) is 0.153. The van der Waals surface area contributed by atoms with Gasteiger partial charge in [0, 0.05) is 22.4 Å². The molecule has 1 aliphatic rings. The number of carbonyl (C=O) groups is 2. The zero-order valence-electron chi connectivity index (χ0n) is 11.6. The van der Waals surface area contributed by atoms with Crippen molar-refractivity contribution in [2.24, 2.45) is 22.4 Å². The minimum absolute atomic E-state index is 0.0926. The van der Waals surface area contributed by atoms with Crippen LogP contribution in [0.1, 0.15) is 31.8 Å². The molecule has 22 heavy (non-hydrogen) atoms. The third-order valence-electron chi connectivity index (χ3n) is 3.13. The van der Waals surface area contributed by atoms with Gasteiger partial charge in [-0.15, -0.1) is 5.10 Å². The third-order valence-corrected chi connectivity index (χ3v) is 3.13. The van der Waals surface area contributed by atoms with Crippen molar-refractivity contribution < 1.29 is 9.59 Å². The average molecular weight is 297 g/mol. The highest BCUT2D eigenvalue weighted by atomic mass is 16.1. The van der Waals surface area contributed by atoms with Crippen LogP contribution in [0.2, 0.25) is 0 Å². The summed E-state index contributed by atoms with van der Waals surface area (Å²) < 4.78 is 0. The summed E-state index contributed by atoms with van der Waals surface area (Å²) in [7, 11) is 0.